The lowest BCUT2D eigenvalue weighted by molar-refractivity contribution is -0.132. The molecule has 0 radical (unpaired) electrons. The van der Waals surface area contributed by atoms with Crippen LogP contribution >= 0.6 is 15.9 Å². The second kappa shape index (κ2) is 7.43. The lowest BCUT2D eigenvalue weighted by Crippen LogP contribution is -2.47. The van der Waals surface area contributed by atoms with E-state index < -0.39 is 5.54 Å². The fourth-order valence-corrected chi connectivity index (χ4v) is 3.66. The zero-order valence-electron chi connectivity index (χ0n) is 12.1. The molecule has 2 fully saturated rings. The number of alkyl halides is 1. The fraction of sp³-hybridized carbons (Fsp3) is 0.867. The third kappa shape index (κ3) is 3.54. The van der Waals surface area contributed by atoms with Crippen molar-refractivity contribution in [1.29, 1.82) is 0 Å². The summed E-state index contributed by atoms with van der Waals surface area (Å²) in [6, 6.07) is -0.172. The van der Waals surface area contributed by atoms with Gasteiger partial charge in [-0.3, -0.25) is 9.69 Å². The summed E-state index contributed by atoms with van der Waals surface area (Å²) in [6.45, 7) is 0.569. The topological polar surface area (TPSA) is 49.4 Å². The number of imide groups is 1. The Morgan fingerprint density at radius 3 is 2.30 bits per heavy atom. The van der Waals surface area contributed by atoms with Gasteiger partial charge in [0.15, 0.2) is 0 Å². The van der Waals surface area contributed by atoms with Crippen LogP contribution in [0.4, 0.5) is 4.79 Å². The van der Waals surface area contributed by atoms with Crippen molar-refractivity contribution in [3.8, 4) is 0 Å². The molecule has 2 aliphatic rings. The zero-order chi connectivity index (χ0) is 14.4. The highest BCUT2D eigenvalue weighted by molar-refractivity contribution is 9.09. The molecule has 5 heteroatoms. The largest absolute Gasteiger partial charge is 0.325 e. The Balaban J connectivity index is 1.95. The van der Waals surface area contributed by atoms with Crippen molar-refractivity contribution in [2.24, 2.45) is 0 Å². The van der Waals surface area contributed by atoms with Crippen LogP contribution in [0, 0.1) is 0 Å². The van der Waals surface area contributed by atoms with Gasteiger partial charge < -0.3 is 5.32 Å². The van der Waals surface area contributed by atoms with E-state index in [0.29, 0.717) is 6.54 Å². The molecular formula is C15H25BrN2O2. The lowest BCUT2D eigenvalue weighted by atomic mass is 9.84. The number of urea groups is 1. The van der Waals surface area contributed by atoms with E-state index in [1.165, 1.54) is 24.2 Å². The molecule has 1 saturated heterocycles. The molecule has 0 atom stereocenters. The van der Waals surface area contributed by atoms with E-state index in [0.717, 1.165) is 50.3 Å². The number of nitrogens with zero attached hydrogens (tertiary/aromatic N) is 1. The highest BCUT2D eigenvalue weighted by Gasteiger charge is 2.49. The van der Waals surface area contributed by atoms with Gasteiger partial charge >= 0.3 is 6.03 Å². The molecule has 0 unspecified atom stereocenters. The summed E-state index contributed by atoms with van der Waals surface area (Å²) in [5.74, 6) is 0.0308. The van der Waals surface area contributed by atoms with Gasteiger partial charge in [0, 0.05) is 11.9 Å². The first-order valence-corrected chi connectivity index (χ1v) is 9.02. The van der Waals surface area contributed by atoms with Gasteiger partial charge in [0.2, 0.25) is 0 Å². The standard InChI is InChI=1S/C15H25BrN2O2/c16-11-7-4-8-12-18-13(19)15(17-14(18)20)9-5-2-1-3-6-10-15/h1-12H2,(H,17,20). The van der Waals surface area contributed by atoms with Crippen molar-refractivity contribution in [2.75, 3.05) is 11.9 Å². The normalized spacial score (nSPS) is 22.8. The second-order valence-electron chi connectivity index (χ2n) is 5.99. The summed E-state index contributed by atoms with van der Waals surface area (Å²) in [5, 5.41) is 3.99. The van der Waals surface area contributed by atoms with Crippen molar-refractivity contribution in [2.45, 2.75) is 69.7 Å². The van der Waals surface area contributed by atoms with Gasteiger partial charge in [0.1, 0.15) is 5.54 Å². The summed E-state index contributed by atoms with van der Waals surface area (Å²) in [5.41, 5.74) is -0.576. The predicted octanol–water partition coefficient (Wildman–Crippen LogP) is 3.59. The molecule has 3 amide bonds. The van der Waals surface area contributed by atoms with E-state index in [2.05, 4.69) is 21.2 Å². The minimum absolute atomic E-state index is 0.0308. The van der Waals surface area contributed by atoms with Crippen LogP contribution in [0.1, 0.15) is 64.2 Å². The molecule has 0 aromatic heterocycles. The summed E-state index contributed by atoms with van der Waals surface area (Å²) in [6.07, 6.45) is 10.4. The number of rotatable bonds is 5. The zero-order valence-corrected chi connectivity index (χ0v) is 13.7. The molecule has 1 aliphatic heterocycles. The molecule has 0 aromatic rings. The van der Waals surface area contributed by atoms with E-state index >= 15 is 0 Å². The molecule has 1 saturated carbocycles. The number of carbonyl (C=O) groups excluding carboxylic acids is 2. The molecular weight excluding hydrogens is 320 g/mol. The van der Waals surface area contributed by atoms with Crippen LogP contribution in [0.15, 0.2) is 0 Å². The van der Waals surface area contributed by atoms with Crippen molar-refractivity contribution < 1.29 is 9.59 Å². The van der Waals surface area contributed by atoms with E-state index in [1.54, 1.807) is 0 Å². The molecule has 0 bridgehead atoms. The second-order valence-corrected chi connectivity index (χ2v) is 6.78. The maximum atomic E-state index is 12.7. The first-order chi connectivity index (χ1) is 9.69. The molecule has 1 N–H and O–H groups in total. The average molecular weight is 345 g/mol. The summed E-state index contributed by atoms with van der Waals surface area (Å²) in [7, 11) is 0. The van der Waals surface area contributed by atoms with Crippen molar-refractivity contribution in [3.05, 3.63) is 0 Å². The monoisotopic (exact) mass is 344 g/mol. The van der Waals surface area contributed by atoms with Crippen molar-refractivity contribution in [3.63, 3.8) is 0 Å². The molecule has 4 nitrogen and oxygen atoms in total. The molecule has 114 valence electrons. The quantitative estimate of drug-likeness (QED) is 0.470. The maximum Gasteiger partial charge on any atom is 0.325 e. The van der Waals surface area contributed by atoms with Gasteiger partial charge in [0.05, 0.1) is 0 Å². The molecule has 20 heavy (non-hydrogen) atoms. The van der Waals surface area contributed by atoms with Crippen LogP contribution in [0.5, 0.6) is 0 Å². The summed E-state index contributed by atoms with van der Waals surface area (Å²) >= 11 is 3.40. The van der Waals surface area contributed by atoms with Crippen LogP contribution in [0.25, 0.3) is 0 Å². The van der Waals surface area contributed by atoms with Crippen LogP contribution in [-0.2, 0) is 4.79 Å². The van der Waals surface area contributed by atoms with Gasteiger partial charge in [0.25, 0.3) is 5.91 Å². The first-order valence-electron chi connectivity index (χ1n) is 7.90. The van der Waals surface area contributed by atoms with Crippen molar-refractivity contribution in [1.82, 2.24) is 10.2 Å². The Kier molecular flexibility index (Phi) is 5.87. The summed E-state index contributed by atoms with van der Waals surface area (Å²) in [4.78, 5) is 26.2. The fourth-order valence-electron chi connectivity index (χ4n) is 3.27. The van der Waals surface area contributed by atoms with Gasteiger partial charge in [-0.2, -0.15) is 0 Å². The highest BCUT2D eigenvalue weighted by Crippen LogP contribution is 2.32. The smallest absolute Gasteiger partial charge is 0.323 e. The Morgan fingerprint density at radius 2 is 1.65 bits per heavy atom. The number of hydrogen-bond donors (Lipinski definition) is 1. The number of unbranched alkanes of at least 4 members (excludes halogenated alkanes) is 2. The van der Waals surface area contributed by atoms with Crippen molar-refractivity contribution >= 4 is 27.9 Å². The van der Waals surface area contributed by atoms with Crippen LogP contribution in [0.2, 0.25) is 0 Å². The first kappa shape index (κ1) is 15.8. The van der Waals surface area contributed by atoms with Gasteiger partial charge in [-0.15, -0.1) is 0 Å². The van der Waals surface area contributed by atoms with E-state index in [-0.39, 0.29) is 11.9 Å². The Bertz CT molecular complexity index is 352. The number of nitrogens with one attached hydrogen (secondary N) is 1. The average Bonchev–Trinajstić information content (AvgIpc) is 2.63. The number of hydrogen-bond acceptors (Lipinski definition) is 2. The Labute approximate surface area is 129 Å². The van der Waals surface area contributed by atoms with E-state index in [4.69, 9.17) is 0 Å². The Morgan fingerprint density at radius 1 is 1.00 bits per heavy atom. The lowest BCUT2D eigenvalue weighted by Gasteiger charge is -2.28. The molecule has 1 spiro atoms. The van der Waals surface area contributed by atoms with Crippen LogP contribution in [0.3, 0.4) is 0 Å². The van der Waals surface area contributed by atoms with Gasteiger partial charge in [-0.05, 0) is 25.7 Å². The molecule has 1 heterocycles. The summed E-state index contributed by atoms with van der Waals surface area (Å²) < 4.78 is 0. The number of halogens is 1. The molecule has 0 aromatic carbocycles. The third-order valence-corrected chi connectivity index (χ3v) is 5.03. The Hall–Kier alpha value is -0.580. The molecule has 1 aliphatic carbocycles. The SMILES string of the molecule is O=C1NC2(CCCCCCC2)C(=O)N1CCCCCBr. The third-order valence-electron chi connectivity index (χ3n) is 4.47. The van der Waals surface area contributed by atoms with E-state index in [9.17, 15) is 9.59 Å². The molecule has 2 rings (SSSR count). The number of amides is 3. The number of carbonyl (C=O) groups is 2. The van der Waals surface area contributed by atoms with E-state index in [1.807, 2.05) is 0 Å². The minimum Gasteiger partial charge on any atom is -0.323 e. The minimum atomic E-state index is -0.576. The van der Waals surface area contributed by atoms with Crippen LogP contribution in [-0.4, -0.2) is 34.3 Å². The predicted molar refractivity (Wildman–Crippen MR) is 82.9 cm³/mol. The van der Waals surface area contributed by atoms with Gasteiger partial charge in [-0.25, -0.2) is 4.79 Å². The van der Waals surface area contributed by atoms with Crippen LogP contribution < -0.4 is 5.32 Å². The maximum absolute atomic E-state index is 12.7. The van der Waals surface area contributed by atoms with Gasteiger partial charge in [-0.1, -0.05) is 54.5 Å². The highest BCUT2D eigenvalue weighted by atomic mass is 79.9.